The summed E-state index contributed by atoms with van der Waals surface area (Å²) in [7, 11) is 0. The van der Waals surface area contributed by atoms with Gasteiger partial charge in [-0.25, -0.2) is 4.39 Å². The van der Waals surface area contributed by atoms with Crippen LogP contribution in [0.2, 0.25) is 0 Å². The van der Waals surface area contributed by atoms with Crippen LogP contribution in [0.4, 0.5) is 4.39 Å². The van der Waals surface area contributed by atoms with Crippen molar-refractivity contribution in [1.82, 2.24) is 0 Å². The number of benzene rings is 2. The van der Waals surface area contributed by atoms with Crippen LogP contribution in [0, 0.1) is 18.7 Å². The van der Waals surface area contributed by atoms with E-state index in [1.165, 1.54) is 6.07 Å². The third-order valence-corrected chi connectivity index (χ3v) is 3.34. The molecule has 2 rings (SSSR count). The molecule has 0 heterocycles. The van der Waals surface area contributed by atoms with E-state index in [1.807, 2.05) is 31.2 Å². The summed E-state index contributed by atoms with van der Waals surface area (Å²) in [6.07, 6.45) is 0.612. The first-order chi connectivity index (χ1) is 9.56. The van der Waals surface area contributed by atoms with Crippen molar-refractivity contribution < 1.29 is 14.3 Å². The smallest absolute Gasteiger partial charge is 0.307 e. The van der Waals surface area contributed by atoms with Gasteiger partial charge in [0.25, 0.3) is 0 Å². The van der Waals surface area contributed by atoms with Crippen LogP contribution in [0.3, 0.4) is 0 Å². The summed E-state index contributed by atoms with van der Waals surface area (Å²) in [5.41, 5.74) is 2.51. The van der Waals surface area contributed by atoms with E-state index in [4.69, 9.17) is 0 Å². The molecule has 1 N–H and O–H groups in total. The lowest BCUT2D eigenvalue weighted by Gasteiger charge is -2.13. The van der Waals surface area contributed by atoms with E-state index in [0.717, 1.165) is 11.1 Å². The summed E-state index contributed by atoms with van der Waals surface area (Å²) < 4.78 is 13.6. The van der Waals surface area contributed by atoms with Crippen LogP contribution in [-0.2, 0) is 17.6 Å². The molecule has 0 aliphatic rings. The second kappa shape index (κ2) is 6.33. The standard InChI is InChI=1S/C17H17FO2/c1-12-5-4-6-13(9-12)10-15(17(19)20)11-14-7-2-3-8-16(14)18/h2-9,15H,10-11H2,1H3,(H,19,20). The quantitative estimate of drug-likeness (QED) is 0.902. The largest absolute Gasteiger partial charge is 0.481 e. The molecule has 0 bridgehead atoms. The first-order valence-electron chi connectivity index (χ1n) is 6.58. The molecular formula is C17H17FO2. The Bertz CT molecular complexity index is 607. The fraction of sp³-hybridized carbons (Fsp3) is 0.235. The fourth-order valence-corrected chi connectivity index (χ4v) is 2.30. The van der Waals surface area contributed by atoms with Gasteiger partial charge >= 0.3 is 5.97 Å². The van der Waals surface area contributed by atoms with Crippen molar-refractivity contribution in [3.8, 4) is 0 Å². The Kier molecular flexibility index (Phi) is 4.51. The zero-order valence-electron chi connectivity index (χ0n) is 11.3. The Labute approximate surface area is 117 Å². The van der Waals surface area contributed by atoms with Crippen molar-refractivity contribution in [2.75, 3.05) is 0 Å². The molecule has 3 heteroatoms. The van der Waals surface area contributed by atoms with Crippen LogP contribution in [0.1, 0.15) is 16.7 Å². The number of aryl methyl sites for hydroxylation is 1. The molecular weight excluding hydrogens is 255 g/mol. The van der Waals surface area contributed by atoms with Crippen LogP contribution in [0.25, 0.3) is 0 Å². The highest BCUT2D eigenvalue weighted by Gasteiger charge is 2.20. The maximum atomic E-state index is 13.6. The molecule has 104 valence electrons. The summed E-state index contributed by atoms with van der Waals surface area (Å²) in [4.78, 5) is 11.4. The van der Waals surface area contributed by atoms with Crippen LogP contribution in [0.15, 0.2) is 48.5 Å². The molecule has 2 aromatic rings. The molecule has 0 amide bonds. The Morgan fingerprint density at radius 3 is 2.55 bits per heavy atom. The van der Waals surface area contributed by atoms with Gasteiger partial charge in [0, 0.05) is 0 Å². The van der Waals surface area contributed by atoms with E-state index in [1.54, 1.807) is 18.2 Å². The summed E-state index contributed by atoms with van der Waals surface area (Å²) >= 11 is 0. The minimum Gasteiger partial charge on any atom is -0.481 e. The zero-order chi connectivity index (χ0) is 14.5. The number of aliphatic carboxylic acids is 1. The van der Waals surface area contributed by atoms with Crippen molar-refractivity contribution in [2.45, 2.75) is 19.8 Å². The number of hydrogen-bond donors (Lipinski definition) is 1. The summed E-state index contributed by atoms with van der Waals surface area (Å²) in [6, 6.07) is 14.1. The molecule has 0 spiro atoms. The van der Waals surface area contributed by atoms with Crippen LogP contribution in [-0.4, -0.2) is 11.1 Å². The average molecular weight is 272 g/mol. The average Bonchev–Trinajstić information content (AvgIpc) is 2.40. The molecule has 0 aromatic heterocycles. The Morgan fingerprint density at radius 1 is 1.15 bits per heavy atom. The first-order valence-corrected chi connectivity index (χ1v) is 6.58. The van der Waals surface area contributed by atoms with Crippen LogP contribution < -0.4 is 0 Å². The predicted octanol–water partition coefficient (Wildman–Crippen LogP) is 3.62. The molecule has 0 saturated carbocycles. The van der Waals surface area contributed by atoms with Gasteiger partial charge in [0.15, 0.2) is 0 Å². The van der Waals surface area contributed by atoms with E-state index in [-0.39, 0.29) is 12.2 Å². The Balaban J connectivity index is 2.16. The SMILES string of the molecule is Cc1cccc(CC(Cc2ccccc2F)C(=O)O)c1. The van der Waals surface area contributed by atoms with Gasteiger partial charge in [-0.1, -0.05) is 48.0 Å². The number of carboxylic acid groups (broad SMARTS) is 1. The highest BCUT2D eigenvalue weighted by Crippen LogP contribution is 2.18. The van der Waals surface area contributed by atoms with Crippen molar-refractivity contribution in [1.29, 1.82) is 0 Å². The Morgan fingerprint density at radius 2 is 1.90 bits per heavy atom. The highest BCUT2D eigenvalue weighted by atomic mass is 19.1. The van der Waals surface area contributed by atoms with Gasteiger partial charge in [-0.2, -0.15) is 0 Å². The second-order valence-corrected chi connectivity index (χ2v) is 5.02. The number of hydrogen-bond acceptors (Lipinski definition) is 1. The van der Waals surface area contributed by atoms with Gasteiger partial charge in [-0.3, -0.25) is 4.79 Å². The fourth-order valence-electron chi connectivity index (χ4n) is 2.30. The van der Waals surface area contributed by atoms with Gasteiger partial charge in [0.1, 0.15) is 5.82 Å². The van der Waals surface area contributed by atoms with Gasteiger partial charge in [-0.15, -0.1) is 0 Å². The lowest BCUT2D eigenvalue weighted by atomic mass is 9.92. The van der Waals surface area contributed by atoms with E-state index < -0.39 is 11.9 Å². The third kappa shape index (κ3) is 3.67. The number of carboxylic acids is 1. The van der Waals surface area contributed by atoms with Gasteiger partial charge in [0.2, 0.25) is 0 Å². The van der Waals surface area contributed by atoms with Crippen LogP contribution in [0.5, 0.6) is 0 Å². The monoisotopic (exact) mass is 272 g/mol. The molecule has 2 aromatic carbocycles. The maximum absolute atomic E-state index is 13.6. The Hall–Kier alpha value is -2.16. The number of rotatable bonds is 5. The maximum Gasteiger partial charge on any atom is 0.307 e. The lowest BCUT2D eigenvalue weighted by Crippen LogP contribution is -2.19. The molecule has 2 nitrogen and oxygen atoms in total. The molecule has 0 saturated heterocycles. The third-order valence-electron chi connectivity index (χ3n) is 3.34. The normalized spacial score (nSPS) is 12.1. The van der Waals surface area contributed by atoms with Crippen molar-refractivity contribution in [3.63, 3.8) is 0 Å². The van der Waals surface area contributed by atoms with Crippen LogP contribution >= 0.6 is 0 Å². The number of halogens is 1. The predicted molar refractivity (Wildman–Crippen MR) is 76.1 cm³/mol. The van der Waals surface area contributed by atoms with E-state index in [9.17, 15) is 14.3 Å². The zero-order valence-corrected chi connectivity index (χ0v) is 11.3. The molecule has 0 aliphatic heterocycles. The molecule has 20 heavy (non-hydrogen) atoms. The van der Waals surface area contributed by atoms with E-state index >= 15 is 0 Å². The van der Waals surface area contributed by atoms with Crippen molar-refractivity contribution in [2.24, 2.45) is 5.92 Å². The molecule has 1 atom stereocenters. The van der Waals surface area contributed by atoms with Gasteiger partial charge in [0.05, 0.1) is 5.92 Å². The summed E-state index contributed by atoms with van der Waals surface area (Å²) in [5.74, 6) is -1.86. The second-order valence-electron chi connectivity index (χ2n) is 5.02. The number of carbonyl (C=O) groups is 1. The first kappa shape index (κ1) is 14.3. The lowest BCUT2D eigenvalue weighted by molar-refractivity contribution is -0.141. The van der Waals surface area contributed by atoms with Crippen molar-refractivity contribution >= 4 is 5.97 Å². The summed E-state index contributed by atoms with van der Waals surface area (Å²) in [6.45, 7) is 1.97. The molecule has 0 radical (unpaired) electrons. The minimum absolute atomic E-state index is 0.204. The van der Waals surface area contributed by atoms with E-state index in [0.29, 0.717) is 12.0 Å². The molecule has 0 aliphatic carbocycles. The van der Waals surface area contributed by atoms with Crippen molar-refractivity contribution in [3.05, 3.63) is 71.0 Å². The summed E-state index contributed by atoms with van der Waals surface area (Å²) in [5, 5.41) is 9.33. The highest BCUT2D eigenvalue weighted by molar-refractivity contribution is 5.71. The van der Waals surface area contributed by atoms with Gasteiger partial charge in [-0.05, 0) is 37.0 Å². The molecule has 0 fully saturated rings. The topological polar surface area (TPSA) is 37.3 Å². The van der Waals surface area contributed by atoms with Gasteiger partial charge < -0.3 is 5.11 Å². The molecule has 1 unspecified atom stereocenters. The van der Waals surface area contributed by atoms with E-state index in [2.05, 4.69) is 0 Å². The minimum atomic E-state index is -0.894.